The normalized spacial score (nSPS) is 17.4. The largest absolute Gasteiger partial charge is 0.307 e. The highest BCUT2D eigenvalue weighted by atomic mass is 16.6. The van der Waals surface area contributed by atoms with Gasteiger partial charge in [-0.05, 0) is 25.3 Å². The number of hydrogen-bond acceptors (Lipinski definition) is 3. The van der Waals surface area contributed by atoms with Gasteiger partial charge in [-0.1, -0.05) is 12.1 Å². The maximum absolute atomic E-state index is 10.6. The second-order valence-corrected chi connectivity index (χ2v) is 4.01. The Hall–Kier alpha value is -1.42. The summed E-state index contributed by atoms with van der Waals surface area (Å²) in [6.45, 7) is 2.04. The van der Waals surface area contributed by atoms with Crippen molar-refractivity contribution < 1.29 is 4.92 Å². The Labute approximate surface area is 88.5 Å². The molecule has 1 aromatic rings. The number of benzene rings is 1. The summed E-state index contributed by atoms with van der Waals surface area (Å²) in [6, 6.07) is 7.62. The molecule has 0 aliphatic heterocycles. The second kappa shape index (κ2) is 3.98. The fraction of sp³-hybridized carbons (Fsp3) is 0.455. The van der Waals surface area contributed by atoms with E-state index in [4.69, 9.17) is 0 Å². The molecule has 1 aliphatic carbocycles. The molecule has 4 nitrogen and oxygen atoms in total. The van der Waals surface area contributed by atoms with Crippen LogP contribution in [0, 0.1) is 10.1 Å². The van der Waals surface area contributed by atoms with Crippen molar-refractivity contribution in [3.8, 4) is 0 Å². The van der Waals surface area contributed by atoms with Crippen molar-refractivity contribution in [1.29, 1.82) is 0 Å². The lowest BCUT2D eigenvalue weighted by Gasteiger charge is -2.12. The number of nitro benzene ring substituents is 1. The van der Waals surface area contributed by atoms with Gasteiger partial charge >= 0.3 is 0 Å². The average Bonchev–Trinajstić information content (AvgIpc) is 3.02. The molecule has 1 N–H and O–H groups in total. The number of nitrogens with one attached hydrogen (secondary N) is 1. The van der Waals surface area contributed by atoms with E-state index >= 15 is 0 Å². The molecule has 0 amide bonds. The molecule has 0 saturated heterocycles. The monoisotopic (exact) mass is 206 g/mol. The lowest BCUT2D eigenvalue weighted by molar-refractivity contribution is -0.384. The van der Waals surface area contributed by atoms with Gasteiger partial charge in [-0.3, -0.25) is 10.1 Å². The standard InChI is InChI=1S/C11H14N2O2/c1-8(12-10-5-6-10)9-3-2-4-11(7-9)13(14)15/h2-4,7-8,10,12H,5-6H2,1H3/t8-/m1/s1. The quantitative estimate of drug-likeness (QED) is 0.608. The van der Waals surface area contributed by atoms with E-state index in [-0.39, 0.29) is 16.7 Å². The summed E-state index contributed by atoms with van der Waals surface area (Å²) in [5, 5.41) is 14.0. The van der Waals surface area contributed by atoms with E-state index in [0.717, 1.165) is 5.56 Å². The highest BCUT2D eigenvalue weighted by Gasteiger charge is 2.23. The van der Waals surface area contributed by atoms with Crippen molar-refractivity contribution in [2.75, 3.05) is 0 Å². The molecule has 0 aromatic heterocycles. The van der Waals surface area contributed by atoms with E-state index in [2.05, 4.69) is 5.32 Å². The molecule has 2 rings (SSSR count). The first kappa shape index (κ1) is 10.1. The Morgan fingerprint density at radius 1 is 1.53 bits per heavy atom. The highest BCUT2D eigenvalue weighted by Crippen LogP contribution is 2.25. The predicted molar refractivity (Wildman–Crippen MR) is 57.7 cm³/mol. The molecule has 0 bridgehead atoms. The van der Waals surface area contributed by atoms with E-state index in [0.29, 0.717) is 6.04 Å². The van der Waals surface area contributed by atoms with Crippen molar-refractivity contribution >= 4 is 5.69 Å². The van der Waals surface area contributed by atoms with Crippen molar-refractivity contribution in [3.63, 3.8) is 0 Å². The Morgan fingerprint density at radius 3 is 2.87 bits per heavy atom. The fourth-order valence-electron chi connectivity index (χ4n) is 1.61. The lowest BCUT2D eigenvalue weighted by atomic mass is 10.1. The van der Waals surface area contributed by atoms with Crippen LogP contribution in [0.4, 0.5) is 5.69 Å². The first-order valence-corrected chi connectivity index (χ1v) is 5.17. The molecule has 0 heterocycles. The summed E-state index contributed by atoms with van der Waals surface area (Å²) in [5.41, 5.74) is 1.15. The number of non-ortho nitro benzene ring substituents is 1. The SMILES string of the molecule is C[C@@H](NC1CC1)c1cccc([N+](=O)[O-])c1. The van der Waals surface area contributed by atoms with Gasteiger partial charge in [0.05, 0.1) is 4.92 Å². The number of rotatable bonds is 4. The van der Waals surface area contributed by atoms with E-state index in [1.807, 2.05) is 13.0 Å². The molecule has 1 aliphatic rings. The zero-order valence-corrected chi connectivity index (χ0v) is 8.64. The van der Waals surface area contributed by atoms with Crippen LogP contribution >= 0.6 is 0 Å². The topological polar surface area (TPSA) is 55.2 Å². The number of hydrogen-bond donors (Lipinski definition) is 1. The first-order chi connectivity index (χ1) is 7.16. The van der Waals surface area contributed by atoms with Crippen LogP contribution in [-0.4, -0.2) is 11.0 Å². The summed E-state index contributed by atoms with van der Waals surface area (Å²) in [6.07, 6.45) is 2.44. The fourth-order valence-corrected chi connectivity index (χ4v) is 1.61. The van der Waals surface area contributed by atoms with Crippen LogP contribution in [0.5, 0.6) is 0 Å². The van der Waals surface area contributed by atoms with Crippen molar-refractivity contribution in [2.45, 2.75) is 31.8 Å². The molecule has 80 valence electrons. The third-order valence-electron chi connectivity index (χ3n) is 2.64. The average molecular weight is 206 g/mol. The van der Waals surface area contributed by atoms with Crippen molar-refractivity contribution in [3.05, 3.63) is 39.9 Å². The smallest absolute Gasteiger partial charge is 0.269 e. The molecule has 0 spiro atoms. The van der Waals surface area contributed by atoms with Crippen LogP contribution in [0.15, 0.2) is 24.3 Å². The van der Waals surface area contributed by atoms with E-state index in [1.54, 1.807) is 12.1 Å². The Balaban J connectivity index is 2.11. The zero-order valence-electron chi connectivity index (χ0n) is 8.64. The summed E-state index contributed by atoms with van der Waals surface area (Å²) in [5.74, 6) is 0. The maximum atomic E-state index is 10.6. The van der Waals surface area contributed by atoms with Crippen LogP contribution in [0.2, 0.25) is 0 Å². The van der Waals surface area contributed by atoms with E-state index < -0.39 is 0 Å². The summed E-state index contributed by atoms with van der Waals surface area (Å²) in [7, 11) is 0. The molecule has 1 aromatic carbocycles. The third kappa shape index (κ3) is 2.53. The van der Waals surface area contributed by atoms with Gasteiger partial charge in [0.1, 0.15) is 0 Å². The van der Waals surface area contributed by atoms with Gasteiger partial charge in [-0.25, -0.2) is 0 Å². The van der Waals surface area contributed by atoms with Gasteiger partial charge in [0.15, 0.2) is 0 Å². The van der Waals surface area contributed by atoms with Gasteiger partial charge in [0, 0.05) is 24.2 Å². The van der Waals surface area contributed by atoms with Crippen LogP contribution in [0.3, 0.4) is 0 Å². The second-order valence-electron chi connectivity index (χ2n) is 4.01. The highest BCUT2D eigenvalue weighted by molar-refractivity contribution is 5.35. The maximum Gasteiger partial charge on any atom is 0.269 e. The van der Waals surface area contributed by atoms with Crippen LogP contribution < -0.4 is 5.32 Å². The summed E-state index contributed by atoms with van der Waals surface area (Å²) < 4.78 is 0. The summed E-state index contributed by atoms with van der Waals surface area (Å²) >= 11 is 0. The minimum Gasteiger partial charge on any atom is -0.307 e. The van der Waals surface area contributed by atoms with Crippen LogP contribution in [-0.2, 0) is 0 Å². The number of nitrogens with zero attached hydrogens (tertiary/aromatic N) is 1. The first-order valence-electron chi connectivity index (χ1n) is 5.17. The predicted octanol–water partition coefficient (Wildman–Crippen LogP) is 2.41. The summed E-state index contributed by atoms with van der Waals surface area (Å²) in [4.78, 5) is 10.2. The molecular weight excluding hydrogens is 192 g/mol. The Kier molecular flexibility index (Phi) is 2.68. The van der Waals surface area contributed by atoms with Crippen LogP contribution in [0.1, 0.15) is 31.4 Å². The van der Waals surface area contributed by atoms with E-state index in [9.17, 15) is 10.1 Å². The molecule has 1 fully saturated rings. The third-order valence-corrected chi connectivity index (χ3v) is 2.64. The van der Waals surface area contributed by atoms with Gasteiger partial charge < -0.3 is 5.32 Å². The van der Waals surface area contributed by atoms with Gasteiger partial charge in [0.25, 0.3) is 5.69 Å². The molecule has 0 unspecified atom stereocenters. The zero-order chi connectivity index (χ0) is 10.8. The van der Waals surface area contributed by atoms with E-state index in [1.165, 1.54) is 18.9 Å². The van der Waals surface area contributed by atoms with Crippen LogP contribution in [0.25, 0.3) is 0 Å². The lowest BCUT2D eigenvalue weighted by Crippen LogP contribution is -2.20. The van der Waals surface area contributed by atoms with Gasteiger partial charge in [-0.2, -0.15) is 0 Å². The molecule has 4 heteroatoms. The minimum atomic E-state index is -0.354. The van der Waals surface area contributed by atoms with Gasteiger partial charge in [0.2, 0.25) is 0 Å². The molecule has 0 radical (unpaired) electrons. The van der Waals surface area contributed by atoms with Crippen molar-refractivity contribution in [1.82, 2.24) is 5.32 Å². The Bertz CT molecular complexity index is 375. The molecule has 1 saturated carbocycles. The van der Waals surface area contributed by atoms with Crippen molar-refractivity contribution in [2.24, 2.45) is 0 Å². The molecular formula is C11H14N2O2. The van der Waals surface area contributed by atoms with Gasteiger partial charge in [-0.15, -0.1) is 0 Å². The molecule has 15 heavy (non-hydrogen) atoms. The number of nitro groups is 1. The Morgan fingerprint density at radius 2 is 2.27 bits per heavy atom. The molecule has 1 atom stereocenters. The minimum absolute atomic E-state index is 0.164.